The fraction of sp³-hybridized carbons (Fsp3) is 0.462. The molecule has 8 heteroatoms. The minimum atomic E-state index is -0.138. The summed E-state index contributed by atoms with van der Waals surface area (Å²) in [7, 11) is 1.64. The SMILES string of the molecule is CCC(=O)NCCCNC(=O)c1ccc(-c2ccccc2OCCOCCOCCOC)cc1.[HH].[HH]. The van der Waals surface area contributed by atoms with Gasteiger partial charge in [0, 0.05) is 40.6 Å². The van der Waals surface area contributed by atoms with Gasteiger partial charge in [0.15, 0.2) is 0 Å². The highest BCUT2D eigenvalue weighted by Gasteiger charge is 2.09. The van der Waals surface area contributed by atoms with E-state index in [0.29, 0.717) is 71.1 Å². The number of nitrogens with one attached hydrogen (secondary N) is 2. The molecule has 0 heterocycles. The largest absolute Gasteiger partial charge is 0.491 e. The molecule has 2 rings (SSSR count). The predicted molar refractivity (Wildman–Crippen MR) is 135 cm³/mol. The van der Waals surface area contributed by atoms with Crippen molar-refractivity contribution in [2.45, 2.75) is 19.8 Å². The zero-order valence-electron chi connectivity index (χ0n) is 20.1. The number of carbonyl (C=O) groups excluding carboxylic acids is 2. The zero-order chi connectivity index (χ0) is 24.4. The molecule has 0 aliphatic heterocycles. The molecule has 0 atom stereocenters. The van der Waals surface area contributed by atoms with E-state index in [1.165, 1.54) is 0 Å². The molecule has 0 aliphatic carbocycles. The van der Waals surface area contributed by atoms with E-state index < -0.39 is 0 Å². The van der Waals surface area contributed by atoms with Crippen LogP contribution in [0.2, 0.25) is 0 Å². The Morgan fingerprint density at radius 3 is 2.18 bits per heavy atom. The van der Waals surface area contributed by atoms with E-state index in [9.17, 15) is 9.59 Å². The molecule has 0 saturated heterocycles. The molecule has 0 unspecified atom stereocenters. The summed E-state index contributed by atoms with van der Waals surface area (Å²) in [6.07, 6.45) is 1.15. The lowest BCUT2D eigenvalue weighted by atomic mass is 10.0. The summed E-state index contributed by atoms with van der Waals surface area (Å²) in [6.45, 7) is 5.91. The molecule has 34 heavy (non-hydrogen) atoms. The van der Waals surface area contributed by atoms with Gasteiger partial charge in [-0.2, -0.15) is 0 Å². The molecule has 2 aromatic rings. The molecule has 0 aliphatic rings. The van der Waals surface area contributed by atoms with Crippen LogP contribution >= 0.6 is 0 Å². The average molecular weight is 477 g/mol. The molecule has 0 bridgehead atoms. The van der Waals surface area contributed by atoms with Gasteiger partial charge in [-0.15, -0.1) is 0 Å². The van der Waals surface area contributed by atoms with Crippen LogP contribution in [0.1, 0.15) is 33.0 Å². The number of para-hydroxylation sites is 1. The zero-order valence-corrected chi connectivity index (χ0v) is 20.1. The third-order valence-electron chi connectivity index (χ3n) is 4.92. The van der Waals surface area contributed by atoms with Crippen LogP contribution in [0, 0.1) is 0 Å². The molecular formula is C26H40N2O6. The van der Waals surface area contributed by atoms with Crippen molar-refractivity contribution in [3.63, 3.8) is 0 Å². The van der Waals surface area contributed by atoms with Crippen LogP contribution in [0.15, 0.2) is 48.5 Å². The maximum Gasteiger partial charge on any atom is 0.251 e. The Bertz CT molecular complexity index is 868. The van der Waals surface area contributed by atoms with Gasteiger partial charge >= 0.3 is 0 Å². The minimum Gasteiger partial charge on any atom is -0.491 e. The molecule has 2 N–H and O–H groups in total. The number of amides is 2. The lowest BCUT2D eigenvalue weighted by Gasteiger charge is -2.12. The Labute approximate surface area is 204 Å². The van der Waals surface area contributed by atoms with Gasteiger partial charge in [-0.1, -0.05) is 37.3 Å². The van der Waals surface area contributed by atoms with Gasteiger partial charge in [-0.05, 0) is 30.2 Å². The van der Waals surface area contributed by atoms with E-state index in [1.54, 1.807) is 19.2 Å². The molecule has 0 saturated carbocycles. The summed E-state index contributed by atoms with van der Waals surface area (Å²) >= 11 is 0. The Morgan fingerprint density at radius 1 is 0.824 bits per heavy atom. The summed E-state index contributed by atoms with van der Waals surface area (Å²) in [5.74, 6) is 0.636. The van der Waals surface area contributed by atoms with Crippen LogP contribution in [0.25, 0.3) is 11.1 Å². The number of ether oxygens (including phenoxy) is 4. The topological polar surface area (TPSA) is 95.1 Å². The quantitative estimate of drug-likeness (QED) is 0.339. The Balaban J connectivity index is 0.00000612. The molecule has 190 valence electrons. The molecule has 2 amide bonds. The lowest BCUT2D eigenvalue weighted by molar-refractivity contribution is -0.120. The molecule has 0 aromatic heterocycles. The fourth-order valence-electron chi connectivity index (χ4n) is 3.05. The fourth-order valence-corrected chi connectivity index (χ4v) is 3.05. The second kappa shape index (κ2) is 16.6. The van der Waals surface area contributed by atoms with Crippen LogP contribution in [0.4, 0.5) is 0 Å². The van der Waals surface area contributed by atoms with Gasteiger partial charge in [-0.25, -0.2) is 0 Å². The Hall–Kier alpha value is -2.94. The molecule has 0 radical (unpaired) electrons. The van der Waals surface area contributed by atoms with Crippen LogP contribution in [0.3, 0.4) is 0 Å². The highest BCUT2D eigenvalue weighted by molar-refractivity contribution is 5.94. The summed E-state index contributed by atoms with van der Waals surface area (Å²) in [5.41, 5.74) is 2.49. The summed E-state index contributed by atoms with van der Waals surface area (Å²) in [6, 6.07) is 15.2. The van der Waals surface area contributed by atoms with Crippen molar-refractivity contribution < 1.29 is 31.4 Å². The summed E-state index contributed by atoms with van der Waals surface area (Å²) in [4.78, 5) is 23.6. The van der Waals surface area contributed by atoms with Crippen LogP contribution in [-0.2, 0) is 19.0 Å². The highest BCUT2D eigenvalue weighted by Crippen LogP contribution is 2.30. The first-order valence-electron chi connectivity index (χ1n) is 11.7. The first kappa shape index (κ1) is 27.3. The maximum atomic E-state index is 12.4. The van der Waals surface area contributed by atoms with Crippen molar-refractivity contribution in [3.05, 3.63) is 54.1 Å². The van der Waals surface area contributed by atoms with E-state index in [1.807, 2.05) is 43.3 Å². The Morgan fingerprint density at radius 2 is 1.47 bits per heavy atom. The van der Waals surface area contributed by atoms with E-state index in [-0.39, 0.29) is 14.7 Å². The number of methoxy groups -OCH3 is 1. The lowest BCUT2D eigenvalue weighted by Crippen LogP contribution is -2.29. The summed E-state index contributed by atoms with van der Waals surface area (Å²) < 4.78 is 21.7. The molecular weight excluding hydrogens is 436 g/mol. The molecule has 0 spiro atoms. The summed E-state index contributed by atoms with van der Waals surface area (Å²) in [5, 5.41) is 5.67. The Kier molecular flexibility index (Phi) is 13.4. The smallest absolute Gasteiger partial charge is 0.251 e. The molecule has 2 aromatic carbocycles. The van der Waals surface area contributed by atoms with Gasteiger partial charge in [-0.3, -0.25) is 9.59 Å². The third kappa shape index (κ3) is 10.3. The van der Waals surface area contributed by atoms with Crippen molar-refractivity contribution in [2.75, 3.05) is 59.8 Å². The second-order valence-corrected chi connectivity index (χ2v) is 7.45. The molecule has 0 fully saturated rings. The number of hydrogen-bond acceptors (Lipinski definition) is 6. The van der Waals surface area contributed by atoms with E-state index in [0.717, 1.165) is 16.9 Å². The van der Waals surface area contributed by atoms with Crippen molar-refractivity contribution in [1.82, 2.24) is 10.6 Å². The first-order chi connectivity index (χ1) is 16.7. The highest BCUT2D eigenvalue weighted by atomic mass is 16.6. The van der Waals surface area contributed by atoms with Crippen molar-refractivity contribution in [2.24, 2.45) is 0 Å². The molecule has 8 nitrogen and oxygen atoms in total. The average Bonchev–Trinajstić information content (AvgIpc) is 2.87. The van der Waals surface area contributed by atoms with Gasteiger partial charge in [0.05, 0.1) is 33.0 Å². The third-order valence-corrected chi connectivity index (χ3v) is 4.92. The number of rotatable bonds is 17. The van der Waals surface area contributed by atoms with Gasteiger partial charge < -0.3 is 29.6 Å². The van der Waals surface area contributed by atoms with Crippen LogP contribution < -0.4 is 15.4 Å². The van der Waals surface area contributed by atoms with E-state index in [4.69, 9.17) is 18.9 Å². The normalized spacial score (nSPS) is 10.6. The monoisotopic (exact) mass is 476 g/mol. The van der Waals surface area contributed by atoms with E-state index >= 15 is 0 Å². The van der Waals surface area contributed by atoms with Gasteiger partial charge in [0.1, 0.15) is 12.4 Å². The standard InChI is InChI=1S/C26H36N2O6.2H2/c1-3-25(29)27-13-6-14-28-26(30)22-11-9-21(10-12-22)23-7-4-5-8-24(23)34-20-19-33-18-17-32-16-15-31-2;;/h4-5,7-12H,3,6,13-20H2,1-2H3,(H,27,29)(H,28,30);2*1H. The second-order valence-electron chi connectivity index (χ2n) is 7.45. The van der Waals surface area contributed by atoms with Crippen molar-refractivity contribution >= 4 is 11.8 Å². The number of carbonyl (C=O) groups is 2. The minimum absolute atomic E-state index is 0. The predicted octanol–water partition coefficient (Wildman–Crippen LogP) is 3.55. The number of hydrogen-bond donors (Lipinski definition) is 2. The van der Waals surface area contributed by atoms with Gasteiger partial charge in [0.25, 0.3) is 5.91 Å². The van der Waals surface area contributed by atoms with Crippen molar-refractivity contribution in [1.29, 1.82) is 0 Å². The first-order valence-corrected chi connectivity index (χ1v) is 11.7. The number of benzene rings is 2. The van der Waals surface area contributed by atoms with Crippen molar-refractivity contribution in [3.8, 4) is 16.9 Å². The van der Waals surface area contributed by atoms with Crippen LogP contribution in [-0.4, -0.2) is 71.7 Å². The van der Waals surface area contributed by atoms with E-state index in [2.05, 4.69) is 10.6 Å². The van der Waals surface area contributed by atoms with Crippen LogP contribution in [0.5, 0.6) is 5.75 Å². The maximum absolute atomic E-state index is 12.4. The van der Waals surface area contributed by atoms with Gasteiger partial charge in [0.2, 0.25) is 5.91 Å².